The van der Waals surface area contributed by atoms with E-state index in [1.54, 1.807) is 35.2 Å². The van der Waals surface area contributed by atoms with Crippen molar-refractivity contribution >= 4 is 27.5 Å². The van der Waals surface area contributed by atoms with E-state index in [2.05, 4.69) is 0 Å². The molecule has 0 spiro atoms. The van der Waals surface area contributed by atoms with E-state index in [4.69, 9.17) is 9.15 Å². The molecule has 33 heavy (non-hydrogen) atoms. The van der Waals surface area contributed by atoms with Gasteiger partial charge in [0, 0.05) is 23.2 Å². The van der Waals surface area contributed by atoms with Crippen LogP contribution in [0.4, 0.5) is 0 Å². The number of ether oxygens (including phenoxy) is 1. The Balaban J connectivity index is 1.40. The molecule has 1 aliphatic carbocycles. The van der Waals surface area contributed by atoms with Crippen molar-refractivity contribution in [1.82, 2.24) is 4.90 Å². The number of esters is 1. The lowest BCUT2D eigenvalue weighted by Crippen LogP contribution is -2.48. The quantitative estimate of drug-likeness (QED) is 0.448. The highest BCUT2D eigenvalue weighted by Gasteiger charge is 2.39. The average Bonchev–Trinajstić information content (AvgIpc) is 3.54. The maximum atomic E-state index is 13.0. The molecule has 2 aliphatic rings. The van der Waals surface area contributed by atoms with Gasteiger partial charge in [-0.25, -0.2) is 13.2 Å². The summed E-state index contributed by atoms with van der Waals surface area (Å²) in [5.41, 5.74) is 1.27. The fourth-order valence-electron chi connectivity index (χ4n) is 4.63. The molecule has 0 bridgehead atoms. The van der Waals surface area contributed by atoms with Gasteiger partial charge in [-0.1, -0.05) is 37.1 Å². The minimum absolute atomic E-state index is 0.0114. The molecule has 1 aliphatic heterocycles. The van der Waals surface area contributed by atoms with E-state index in [1.807, 2.05) is 0 Å². The fraction of sp³-hybridized carbons (Fsp3) is 0.458. The highest BCUT2D eigenvalue weighted by atomic mass is 32.2. The van der Waals surface area contributed by atoms with Crippen LogP contribution >= 0.6 is 0 Å². The van der Waals surface area contributed by atoms with Crippen molar-refractivity contribution < 1.29 is 32.0 Å². The zero-order valence-electron chi connectivity index (χ0n) is 18.5. The predicted molar refractivity (Wildman–Crippen MR) is 121 cm³/mol. The highest BCUT2D eigenvalue weighted by Crippen LogP contribution is 2.29. The molecule has 4 rings (SSSR count). The van der Waals surface area contributed by atoms with Gasteiger partial charge in [-0.2, -0.15) is 0 Å². The highest BCUT2D eigenvalue weighted by molar-refractivity contribution is 7.91. The van der Waals surface area contributed by atoms with Crippen molar-refractivity contribution in [3.63, 3.8) is 0 Å². The SMILES string of the molecule is CC(=O)c1ccc(-c2ccc(C(=O)OCC(=O)N(C3CCCC3)[C@@H]3CCS(=O)(=O)C3)o2)cc1. The largest absolute Gasteiger partial charge is 0.450 e. The Hall–Kier alpha value is -2.94. The molecule has 1 aromatic heterocycles. The maximum Gasteiger partial charge on any atom is 0.374 e. The topological polar surface area (TPSA) is 111 Å². The van der Waals surface area contributed by atoms with Crippen LogP contribution in [-0.2, 0) is 19.4 Å². The summed E-state index contributed by atoms with van der Waals surface area (Å²) >= 11 is 0. The number of hydrogen-bond acceptors (Lipinski definition) is 7. The summed E-state index contributed by atoms with van der Waals surface area (Å²) in [6.45, 7) is 1.02. The number of nitrogens with zero attached hydrogens (tertiary/aromatic N) is 1. The molecule has 1 aromatic carbocycles. The van der Waals surface area contributed by atoms with Gasteiger partial charge in [0.15, 0.2) is 22.2 Å². The van der Waals surface area contributed by atoms with Crippen LogP contribution in [0.25, 0.3) is 11.3 Å². The zero-order valence-corrected chi connectivity index (χ0v) is 19.3. The van der Waals surface area contributed by atoms with E-state index in [1.165, 1.54) is 13.0 Å². The Morgan fingerprint density at radius 1 is 1.00 bits per heavy atom. The van der Waals surface area contributed by atoms with Gasteiger partial charge in [0.1, 0.15) is 5.76 Å². The lowest BCUT2D eigenvalue weighted by atomic mass is 10.1. The van der Waals surface area contributed by atoms with Gasteiger partial charge >= 0.3 is 5.97 Å². The molecule has 2 fully saturated rings. The molecule has 176 valence electrons. The van der Waals surface area contributed by atoms with Gasteiger partial charge in [0.25, 0.3) is 5.91 Å². The van der Waals surface area contributed by atoms with Crippen LogP contribution in [0.5, 0.6) is 0 Å². The number of hydrogen-bond donors (Lipinski definition) is 0. The lowest BCUT2D eigenvalue weighted by Gasteiger charge is -2.33. The number of sulfone groups is 1. The zero-order chi connectivity index (χ0) is 23.6. The van der Waals surface area contributed by atoms with Crippen molar-refractivity contribution in [3.05, 3.63) is 47.7 Å². The molecular weight excluding hydrogens is 446 g/mol. The molecule has 1 atom stereocenters. The van der Waals surface area contributed by atoms with E-state index in [0.717, 1.165) is 25.7 Å². The van der Waals surface area contributed by atoms with Crippen LogP contribution < -0.4 is 0 Å². The Morgan fingerprint density at radius 2 is 1.70 bits per heavy atom. The third kappa shape index (κ3) is 5.35. The third-order valence-electron chi connectivity index (χ3n) is 6.32. The van der Waals surface area contributed by atoms with Crippen LogP contribution in [-0.4, -0.2) is 61.2 Å². The van der Waals surface area contributed by atoms with Crippen LogP contribution in [0.15, 0.2) is 40.8 Å². The Bertz CT molecular complexity index is 1140. The first-order chi connectivity index (χ1) is 15.7. The molecule has 1 saturated heterocycles. The summed E-state index contributed by atoms with van der Waals surface area (Å²) in [5.74, 6) is -0.735. The van der Waals surface area contributed by atoms with Crippen molar-refractivity contribution in [3.8, 4) is 11.3 Å². The van der Waals surface area contributed by atoms with Gasteiger partial charge < -0.3 is 14.1 Å². The second kappa shape index (κ2) is 9.51. The summed E-state index contributed by atoms with van der Waals surface area (Å²) in [7, 11) is -3.14. The first kappa shape index (κ1) is 23.2. The van der Waals surface area contributed by atoms with Crippen LogP contribution in [0.2, 0.25) is 0 Å². The first-order valence-electron chi connectivity index (χ1n) is 11.1. The van der Waals surface area contributed by atoms with Crippen molar-refractivity contribution in [1.29, 1.82) is 0 Å². The lowest BCUT2D eigenvalue weighted by molar-refractivity contribution is -0.139. The average molecular weight is 474 g/mol. The molecule has 0 radical (unpaired) electrons. The normalized spacial score (nSPS) is 20.0. The van der Waals surface area contributed by atoms with E-state index < -0.39 is 22.4 Å². The van der Waals surface area contributed by atoms with E-state index in [-0.39, 0.29) is 41.0 Å². The van der Waals surface area contributed by atoms with E-state index in [9.17, 15) is 22.8 Å². The maximum absolute atomic E-state index is 13.0. The standard InChI is InChI=1S/C24H27NO7S/c1-16(26)17-6-8-18(9-7-17)21-10-11-22(32-21)24(28)31-14-23(27)25(19-4-2-3-5-19)20-12-13-33(29,30)15-20/h6-11,19-20H,2-5,12-15H2,1H3/t20-/m1/s1. The third-order valence-corrected chi connectivity index (χ3v) is 8.07. The smallest absolute Gasteiger partial charge is 0.374 e. The Morgan fingerprint density at radius 3 is 2.30 bits per heavy atom. The molecule has 1 saturated carbocycles. The summed E-state index contributed by atoms with van der Waals surface area (Å²) in [5, 5.41) is 0. The molecule has 2 heterocycles. The summed E-state index contributed by atoms with van der Waals surface area (Å²) in [4.78, 5) is 38.5. The van der Waals surface area contributed by atoms with E-state index >= 15 is 0 Å². The van der Waals surface area contributed by atoms with Crippen molar-refractivity contribution in [2.24, 2.45) is 0 Å². The number of rotatable bonds is 7. The van der Waals surface area contributed by atoms with Gasteiger partial charge in [-0.3, -0.25) is 9.59 Å². The molecule has 8 nitrogen and oxygen atoms in total. The second-order valence-electron chi connectivity index (χ2n) is 8.67. The summed E-state index contributed by atoms with van der Waals surface area (Å²) in [6.07, 6.45) is 4.08. The molecule has 9 heteroatoms. The van der Waals surface area contributed by atoms with Gasteiger partial charge in [-0.15, -0.1) is 0 Å². The number of benzene rings is 1. The number of amides is 1. The first-order valence-corrected chi connectivity index (χ1v) is 13.0. The van der Waals surface area contributed by atoms with Gasteiger partial charge in [-0.05, 0) is 38.3 Å². The van der Waals surface area contributed by atoms with Crippen molar-refractivity contribution in [2.45, 2.75) is 51.1 Å². The van der Waals surface area contributed by atoms with Crippen LogP contribution in [0.3, 0.4) is 0 Å². The number of furan rings is 1. The Kier molecular flexibility index (Phi) is 6.69. The molecule has 2 aromatic rings. The van der Waals surface area contributed by atoms with Gasteiger partial charge in [0.05, 0.1) is 11.5 Å². The van der Waals surface area contributed by atoms with Crippen LogP contribution in [0, 0.1) is 0 Å². The van der Waals surface area contributed by atoms with Crippen LogP contribution in [0.1, 0.15) is 59.9 Å². The minimum atomic E-state index is -3.14. The predicted octanol–water partition coefficient (Wildman–Crippen LogP) is 3.26. The minimum Gasteiger partial charge on any atom is -0.450 e. The fourth-order valence-corrected chi connectivity index (χ4v) is 6.34. The number of carbonyl (C=O) groups is 3. The van der Waals surface area contributed by atoms with Crippen molar-refractivity contribution in [2.75, 3.05) is 18.1 Å². The number of Topliss-reactive ketones (excluding diaryl/α,β-unsaturated/α-hetero) is 1. The molecular formula is C24H27NO7S. The summed E-state index contributed by atoms with van der Waals surface area (Å²) in [6, 6.07) is 9.52. The van der Waals surface area contributed by atoms with Gasteiger partial charge in [0.2, 0.25) is 5.76 Å². The molecule has 0 N–H and O–H groups in total. The number of ketones is 1. The van der Waals surface area contributed by atoms with E-state index in [0.29, 0.717) is 23.3 Å². The number of carbonyl (C=O) groups excluding carboxylic acids is 3. The summed E-state index contributed by atoms with van der Waals surface area (Å²) < 4.78 is 34.7. The molecule has 0 unspecified atom stereocenters. The second-order valence-corrected chi connectivity index (χ2v) is 10.9. The monoisotopic (exact) mass is 473 g/mol. The Labute approximate surface area is 192 Å². The molecule has 1 amide bonds.